The van der Waals surface area contributed by atoms with Crippen molar-refractivity contribution in [2.45, 2.75) is 11.6 Å². The number of aromatic nitrogens is 2. The Morgan fingerprint density at radius 2 is 1.81 bits per heavy atom. The maximum atomic E-state index is 12.3. The third-order valence-electron chi connectivity index (χ3n) is 4.88. The number of anilines is 1. The number of nitrogens with one attached hydrogen (secondary N) is 1. The van der Waals surface area contributed by atoms with E-state index in [0.717, 1.165) is 50.5 Å². The van der Waals surface area contributed by atoms with Gasteiger partial charge < -0.3 is 14.5 Å². The molecule has 3 aromatic rings. The van der Waals surface area contributed by atoms with Gasteiger partial charge in [-0.3, -0.25) is 9.69 Å². The van der Waals surface area contributed by atoms with Gasteiger partial charge in [-0.1, -0.05) is 35.5 Å². The van der Waals surface area contributed by atoms with Crippen molar-refractivity contribution in [1.82, 2.24) is 15.1 Å². The smallest absolute Gasteiger partial charge is 0.277 e. The van der Waals surface area contributed by atoms with E-state index in [2.05, 4.69) is 32.5 Å². The fraction of sp³-hybridized carbons (Fsp3) is 0.318. The average Bonchev–Trinajstić information content (AvgIpc) is 3.28. The van der Waals surface area contributed by atoms with Crippen molar-refractivity contribution in [3.63, 3.8) is 0 Å². The predicted octanol–water partition coefficient (Wildman–Crippen LogP) is 4.00. The number of ether oxygens (including phenoxy) is 1. The van der Waals surface area contributed by atoms with Crippen molar-refractivity contribution in [2.75, 3.05) is 43.9 Å². The zero-order chi connectivity index (χ0) is 21.5. The quantitative estimate of drug-likeness (QED) is 0.511. The number of thioether (sulfide) groups is 1. The van der Waals surface area contributed by atoms with Crippen molar-refractivity contribution >= 4 is 35.0 Å². The Balaban J connectivity index is 1.22. The Morgan fingerprint density at radius 1 is 1.06 bits per heavy atom. The standard InChI is InChI=1S/C22H23ClN4O3S/c23-18-5-3-17(4-6-18)21-25-26-22(30-21)31-15-20(28)24-19-7-1-16(2-8-19)9-10-27-11-13-29-14-12-27/h1-8H,9-15H2,(H,24,28). The summed E-state index contributed by atoms with van der Waals surface area (Å²) in [5, 5.41) is 11.9. The number of rotatable bonds is 8. The molecule has 0 bridgehead atoms. The molecule has 9 heteroatoms. The molecule has 1 saturated heterocycles. The van der Waals surface area contributed by atoms with Crippen molar-refractivity contribution in [2.24, 2.45) is 0 Å². The molecule has 1 N–H and O–H groups in total. The summed E-state index contributed by atoms with van der Waals surface area (Å²) in [6, 6.07) is 15.1. The van der Waals surface area contributed by atoms with Gasteiger partial charge in [0, 0.05) is 35.9 Å². The minimum absolute atomic E-state index is 0.127. The lowest BCUT2D eigenvalue weighted by Gasteiger charge is -2.26. The molecule has 0 aliphatic carbocycles. The highest BCUT2D eigenvalue weighted by Crippen LogP contribution is 2.24. The molecular formula is C22H23ClN4O3S. The van der Waals surface area contributed by atoms with Gasteiger partial charge in [0.05, 0.1) is 19.0 Å². The minimum Gasteiger partial charge on any atom is -0.411 e. The lowest BCUT2D eigenvalue weighted by Crippen LogP contribution is -2.37. The topological polar surface area (TPSA) is 80.5 Å². The first-order valence-electron chi connectivity index (χ1n) is 10.1. The number of carbonyl (C=O) groups excluding carboxylic acids is 1. The van der Waals surface area contributed by atoms with Crippen molar-refractivity contribution in [3.05, 3.63) is 59.1 Å². The lowest BCUT2D eigenvalue weighted by atomic mass is 10.1. The van der Waals surface area contributed by atoms with E-state index in [9.17, 15) is 4.79 Å². The number of hydrogen-bond donors (Lipinski definition) is 1. The Labute approximate surface area is 190 Å². The van der Waals surface area contributed by atoms with Crippen molar-refractivity contribution in [3.8, 4) is 11.5 Å². The normalized spacial score (nSPS) is 14.5. The average molecular weight is 459 g/mol. The number of benzene rings is 2. The number of carbonyl (C=O) groups is 1. The summed E-state index contributed by atoms with van der Waals surface area (Å²) in [7, 11) is 0. The zero-order valence-electron chi connectivity index (χ0n) is 16.9. The van der Waals surface area contributed by atoms with Crippen LogP contribution in [0.3, 0.4) is 0 Å². The first kappa shape index (κ1) is 21.8. The summed E-state index contributed by atoms with van der Waals surface area (Å²) in [5.74, 6) is 0.450. The fourth-order valence-electron chi connectivity index (χ4n) is 3.17. The number of hydrogen-bond acceptors (Lipinski definition) is 7. The molecule has 31 heavy (non-hydrogen) atoms. The Bertz CT molecular complexity index is 989. The number of amides is 1. The molecule has 0 radical (unpaired) electrons. The van der Waals surface area contributed by atoms with Crippen LogP contribution in [0.5, 0.6) is 0 Å². The van der Waals surface area contributed by atoms with Crippen LogP contribution >= 0.6 is 23.4 Å². The Kier molecular flexibility index (Phi) is 7.58. The van der Waals surface area contributed by atoms with E-state index in [-0.39, 0.29) is 11.7 Å². The summed E-state index contributed by atoms with van der Waals surface area (Å²) >= 11 is 7.09. The maximum Gasteiger partial charge on any atom is 0.277 e. The molecule has 0 atom stereocenters. The summed E-state index contributed by atoms with van der Waals surface area (Å²) in [5.41, 5.74) is 2.80. The van der Waals surface area contributed by atoms with Gasteiger partial charge in [0.25, 0.3) is 5.22 Å². The molecule has 1 aliphatic rings. The summed E-state index contributed by atoms with van der Waals surface area (Å²) in [6.07, 6.45) is 0.983. The van der Waals surface area contributed by atoms with Crippen LogP contribution in [-0.4, -0.2) is 59.6 Å². The molecule has 7 nitrogen and oxygen atoms in total. The highest BCUT2D eigenvalue weighted by Gasteiger charge is 2.12. The van der Waals surface area contributed by atoms with Crippen LogP contribution in [0, 0.1) is 0 Å². The SMILES string of the molecule is O=C(CSc1nnc(-c2ccc(Cl)cc2)o1)Nc1ccc(CCN2CCOCC2)cc1. The van der Waals surface area contributed by atoms with E-state index >= 15 is 0 Å². The zero-order valence-corrected chi connectivity index (χ0v) is 18.5. The van der Waals surface area contributed by atoms with E-state index in [1.165, 1.54) is 17.3 Å². The second-order valence-electron chi connectivity index (χ2n) is 7.12. The summed E-state index contributed by atoms with van der Waals surface area (Å²) < 4.78 is 11.0. The summed E-state index contributed by atoms with van der Waals surface area (Å²) in [4.78, 5) is 14.7. The molecule has 0 saturated carbocycles. The van der Waals surface area contributed by atoms with Gasteiger partial charge in [-0.25, -0.2) is 0 Å². The van der Waals surface area contributed by atoms with E-state index in [4.69, 9.17) is 20.8 Å². The van der Waals surface area contributed by atoms with Gasteiger partial charge in [-0.2, -0.15) is 0 Å². The lowest BCUT2D eigenvalue weighted by molar-refractivity contribution is -0.113. The third kappa shape index (κ3) is 6.54. The van der Waals surface area contributed by atoms with E-state index in [0.29, 0.717) is 16.1 Å². The molecule has 1 aromatic heterocycles. The molecule has 162 valence electrons. The highest BCUT2D eigenvalue weighted by molar-refractivity contribution is 7.99. The third-order valence-corrected chi connectivity index (χ3v) is 5.95. The number of morpholine rings is 1. The first-order valence-corrected chi connectivity index (χ1v) is 11.4. The minimum atomic E-state index is -0.127. The molecule has 4 rings (SSSR count). The van der Waals surface area contributed by atoms with Crippen LogP contribution in [0.1, 0.15) is 5.56 Å². The molecule has 1 aliphatic heterocycles. The molecule has 1 fully saturated rings. The first-order chi connectivity index (χ1) is 15.2. The van der Waals surface area contributed by atoms with Crippen LogP contribution in [-0.2, 0) is 16.0 Å². The molecule has 1 amide bonds. The van der Waals surface area contributed by atoms with Gasteiger partial charge in [0.2, 0.25) is 11.8 Å². The fourth-order valence-corrected chi connectivity index (χ4v) is 3.86. The van der Waals surface area contributed by atoms with Crippen LogP contribution in [0.25, 0.3) is 11.5 Å². The van der Waals surface area contributed by atoms with Crippen LogP contribution in [0.15, 0.2) is 58.2 Å². The summed E-state index contributed by atoms with van der Waals surface area (Å²) in [6.45, 7) is 4.64. The van der Waals surface area contributed by atoms with Gasteiger partial charge in [0.15, 0.2) is 0 Å². The van der Waals surface area contributed by atoms with Gasteiger partial charge >= 0.3 is 0 Å². The van der Waals surface area contributed by atoms with Crippen LogP contribution < -0.4 is 5.32 Å². The Morgan fingerprint density at radius 3 is 2.55 bits per heavy atom. The van der Waals surface area contributed by atoms with Crippen LogP contribution in [0.4, 0.5) is 5.69 Å². The maximum absolute atomic E-state index is 12.3. The second-order valence-corrected chi connectivity index (χ2v) is 8.48. The van der Waals surface area contributed by atoms with Crippen molar-refractivity contribution < 1.29 is 13.9 Å². The van der Waals surface area contributed by atoms with E-state index < -0.39 is 0 Å². The largest absolute Gasteiger partial charge is 0.411 e. The van der Waals surface area contributed by atoms with E-state index in [1.54, 1.807) is 12.1 Å². The second kappa shape index (κ2) is 10.8. The molecule has 2 aromatic carbocycles. The van der Waals surface area contributed by atoms with Crippen LogP contribution in [0.2, 0.25) is 5.02 Å². The number of halogens is 1. The predicted molar refractivity (Wildman–Crippen MR) is 122 cm³/mol. The molecule has 2 heterocycles. The van der Waals surface area contributed by atoms with Gasteiger partial charge in [0.1, 0.15) is 0 Å². The van der Waals surface area contributed by atoms with E-state index in [1.807, 2.05) is 24.3 Å². The van der Waals surface area contributed by atoms with Crippen molar-refractivity contribution in [1.29, 1.82) is 0 Å². The molecule has 0 unspecified atom stereocenters. The number of nitrogens with zero attached hydrogens (tertiary/aromatic N) is 3. The molecular weight excluding hydrogens is 436 g/mol. The monoisotopic (exact) mass is 458 g/mol. The van der Waals surface area contributed by atoms with Gasteiger partial charge in [-0.05, 0) is 48.4 Å². The molecule has 0 spiro atoms. The highest BCUT2D eigenvalue weighted by atomic mass is 35.5. The Hall–Kier alpha value is -2.39. The van der Waals surface area contributed by atoms with Gasteiger partial charge in [-0.15, -0.1) is 10.2 Å².